The topological polar surface area (TPSA) is 91.7 Å². The molecule has 0 spiro atoms. The van der Waals surface area contributed by atoms with E-state index < -0.39 is 20.2 Å². The minimum Gasteiger partial charge on any atom is -0.379 e. The summed E-state index contributed by atoms with van der Waals surface area (Å²) in [7, 11) is -8.43. The number of benzene rings is 7. The molecule has 7 aromatic carbocycles. The molecular weight excluding hydrogens is 715 g/mol. The zero-order chi connectivity index (χ0) is 36.9. The summed E-state index contributed by atoms with van der Waals surface area (Å²) in [6.07, 6.45) is 3.99. The molecule has 1 aliphatic rings. The molecule has 8 aromatic rings. The SMILES string of the molecule is O=S(=O)(Oc1ccccc1)c1ccc2c(c1)C(=C/C=c1/c3cccc4cccc(c43)n1Cc1ccccc1)c1cc(S(=O)(=O)Oc3ccccc3)ccc1-2. The number of rotatable bonds is 9. The molecule has 0 unspecified atom stereocenters. The highest BCUT2D eigenvalue weighted by Gasteiger charge is 2.29. The van der Waals surface area contributed by atoms with Crippen LogP contribution in [-0.4, -0.2) is 21.4 Å². The molecule has 0 saturated heterocycles. The molecule has 1 heterocycles. The van der Waals surface area contributed by atoms with E-state index in [1.807, 2.05) is 36.4 Å². The molecule has 0 radical (unpaired) electrons. The maximum absolute atomic E-state index is 13.6. The molecule has 0 aliphatic heterocycles. The lowest BCUT2D eigenvalue weighted by molar-refractivity contribution is 0.484. The molecular formula is C45H31NO6S2. The highest BCUT2D eigenvalue weighted by molar-refractivity contribution is 7.87. The highest BCUT2D eigenvalue weighted by Crippen LogP contribution is 2.46. The van der Waals surface area contributed by atoms with Crippen molar-refractivity contribution in [2.24, 2.45) is 0 Å². The van der Waals surface area contributed by atoms with Crippen LogP contribution < -0.4 is 13.7 Å². The van der Waals surface area contributed by atoms with E-state index in [0.29, 0.717) is 23.2 Å². The lowest BCUT2D eigenvalue weighted by Crippen LogP contribution is -2.17. The Kier molecular flexibility index (Phi) is 8.18. The van der Waals surface area contributed by atoms with Crippen molar-refractivity contribution >= 4 is 53.6 Å². The zero-order valence-electron chi connectivity index (χ0n) is 28.7. The number of nitrogens with zero attached hydrogens (tertiary/aromatic N) is 1. The summed E-state index contributed by atoms with van der Waals surface area (Å²) < 4.78 is 67.7. The van der Waals surface area contributed by atoms with E-state index in [0.717, 1.165) is 43.7 Å². The standard InChI is InChI=1S/C45H31NO6S2/c47-53(48,51-33-16-6-2-7-17-33)35-22-24-37-38-25-23-36(54(49,50)52-34-18-8-3-9-19-34)29-42(38)39(41(37)28-35)26-27-43-40-20-10-14-32-15-11-21-44(45(32)40)46(43)30-31-12-4-1-5-13-31/h1-29H,30H2/b43-27-. The van der Waals surface area contributed by atoms with Gasteiger partial charge in [-0.2, -0.15) is 16.8 Å². The van der Waals surface area contributed by atoms with Gasteiger partial charge in [0.1, 0.15) is 21.3 Å². The molecule has 54 heavy (non-hydrogen) atoms. The molecule has 1 aromatic heterocycles. The molecule has 0 atom stereocenters. The maximum atomic E-state index is 13.6. The van der Waals surface area contributed by atoms with Gasteiger partial charge in [-0.05, 0) is 99.4 Å². The number of fused-ring (bicyclic) bond motifs is 3. The molecule has 264 valence electrons. The van der Waals surface area contributed by atoms with Crippen LogP contribution in [0.3, 0.4) is 0 Å². The summed E-state index contributed by atoms with van der Waals surface area (Å²) in [5.41, 5.74) is 5.66. The van der Waals surface area contributed by atoms with Gasteiger partial charge in [0, 0.05) is 22.7 Å². The Morgan fingerprint density at radius 1 is 0.500 bits per heavy atom. The quantitative estimate of drug-likeness (QED) is 0.137. The Bertz CT molecular complexity index is 2900. The van der Waals surface area contributed by atoms with E-state index in [2.05, 4.69) is 47.0 Å². The minimum atomic E-state index is -4.22. The zero-order valence-corrected chi connectivity index (χ0v) is 30.3. The molecule has 0 bridgehead atoms. The van der Waals surface area contributed by atoms with Crippen LogP contribution in [0.15, 0.2) is 180 Å². The Labute approximate surface area is 312 Å². The summed E-state index contributed by atoms with van der Waals surface area (Å²) in [5, 5.41) is 4.29. The highest BCUT2D eigenvalue weighted by atomic mass is 32.2. The molecule has 0 amide bonds. The summed E-state index contributed by atoms with van der Waals surface area (Å²) in [6, 6.07) is 49.2. The molecule has 9 heteroatoms. The van der Waals surface area contributed by atoms with E-state index >= 15 is 0 Å². The predicted octanol–water partition coefficient (Wildman–Crippen LogP) is 8.99. The Hall–Kier alpha value is -6.42. The van der Waals surface area contributed by atoms with Gasteiger partial charge in [0.05, 0.1) is 5.52 Å². The largest absolute Gasteiger partial charge is 0.379 e. The number of aromatic nitrogens is 1. The maximum Gasteiger partial charge on any atom is 0.339 e. The van der Waals surface area contributed by atoms with Crippen LogP contribution in [0.25, 0.3) is 44.5 Å². The smallest absolute Gasteiger partial charge is 0.339 e. The van der Waals surface area contributed by atoms with Crippen molar-refractivity contribution in [2.75, 3.05) is 0 Å². The third-order valence-electron chi connectivity index (χ3n) is 9.66. The fraction of sp³-hybridized carbons (Fsp3) is 0.0222. The van der Waals surface area contributed by atoms with Crippen LogP contribution >= 0.6 is 0 Å². The summed E-state index contributed by atoms with van der Waals surface area (Å²) in [4.78, 5) is -0.0547. The van der Waals surface area contributed by atoms with E-state index in [1.165, 1.54) is 12.1 Å². The normalized spacial score (nSPS) is 12.9. The Balaban J connectivity index is 1.25. The molecule has 0 N–H and O–H groups in total. The van der Waals surface area contributed by atoms with Crippen LogP contribution in [-0.2, 0) is 26.8 Å². The summed E-state index contributed by atoms with van der Waals surface area (Å²) in [5.74, 6) is 0.395. The van der Waals surface area contributed by atoms with E-state index in [-0.39, 0.29) is 21.3 Å². The second-order valence-corrected chi connectivity index (χ2v) is 16.1. The van der Waals surface area contributed by atoms with Crippen molar-refractivity contribution in [1.29, 1.82) is 0 Å². The van der Waals surface area contributed by atoms with Crippen LogP contribution in [0.4, 0.5) is 0 Å². The van der Waals surface area contributed by atoms with Gasteiger partial charge in [-0.25, -0.2) is 0 Å². The fourth-order valence-corrected chi connectivity index (χ4v) is 9.13. The fourth-order valence-electron chi connectivity index (χ4n) is 7.21. The Morgan fingerprint density at radius 3 is 1.57 bits per heavy atom. The van der Waals surface area contributed by atoms with Crippen LogP contribution in [0.1, 0.15) is 16.7 Å². The summed E-state index contributed by atoms with van der Waals surface area (Å²) in [6.45, 7) is 0.620. The first-order valence-corrected chi connectivity index (χ1v) is 20.1. The van der Waals surface area contributed by atoms with Gasteiger partial charge in [0.15, 0.2) is 0 Å². The second kappa shape index (κ2) is 13.2. The number of allylic oxidation sites excluding steroid dienone is 1. The third kappa shape index (κ3) is 6.03. The van der Waals surface area contributed by atoms with Crippen molar-refractivity contribution < 1.29 is 25.2 Å². The van der Waals surface area contributed by atoms with Crippen molar-refractivity contribution in [2.45, 2.75) is 16.3 Å². The lowest BCUT2D eigenvalue weighted by atomic mass is 10.0. The third-order valence-corrected chi connectivity index (χ3v) is 12.1. The van der Waals surface area contributed by atoms with Crippen LogP contribution in [0, 0.1) is 0 Å². The molecule has 1 aliphatic carbocycles. The van der Waals surface area contributed by atoms with Crippen molar-refractivity contribution in [1.82, 2.24) is 4.57 Å². The average molecular weight is 746 g/mol. The van der Waals surface area contributed by atoms with Crippen molar-refractivity contribution in [3.05, 3.63) is 192 Å². The van der Waals surface area contributed by atoms with E-state index in [9.17, 15) is 16.8 Å². The van der Waals surface area contributed by atoms with Crippen LogP contribution in [0.2, 0.25) is 0 Å². The molecule has 9 rings (SSSR count). The van der Waals surface area contributed by atoms with E-state index in [1.54, 1.807) is 84.9 Å². The summed E-state index contributed by atoms with van der Waals surface area (Å²) >= 11 is 0. The predicted molar refractivity (Wildman–Crippen MR) is 212 cm³/mol. The first-order valence-electron chi connectivity index (χ1n) is 17.3. The van der Waals surface area contributed by atoms with Crippen LogP contribution in [0.5, 0.6) is 11.5 Å². The van der Waals surface area contributed by atoms with Gasteiger partial charge in [0.2, 0.25) is 0 Å². The average Bonchev–Trinajstić information content (AvgIpc) is 3.66. The minimum absolute atomic E-state index is 0.0274. The number of para-hydroxylation sites is 2. The molecule has 0 saturated carbocycles. The van der Waals surface area contributed by atoms with Gasteiger partial charge < -0.3 is 12.9 Å². The Morgan fingerprint density at radius 2 is 1.02 bits per heavy atom. The van der Waals surface area contributed by atoms with Gasteiger partial charge in [-0.15, -0.1) is 0 Å². The monoisotopic (exact) mass is 745 g/mol. The second-order valence-electron chi connectivity index (χ2n) is 13.0. The van der Waals surface area contributed by atoms with Gasteiger partial charge in [-0.3, -0.25) is 0 Å². The van der Waals surface area contributed by atoms with Crippen molar-refractivity contribution in [3.63, 3.8) is 0 Å². The molecule has 0 fully saturated rings. The first kappa shape index (κ1) is 33.4. The van der Waals surface area contributed by atoms with E-state index in [4.69, 9.17) is 8.37 Å². The molecule has 7 nitrogen and oxygen atoms in total. The van der Waals surface area contributed by atoms with Crippen molar-refractivity contribution in [3.8, 4) is 22.6 Å². The number of hydrogen-bond acceptors (Lipinski definition) is 6. The van der Waals surface area contributed by atoms with Gasteiger partial charge in [0.25, 0.3) is 0 Å². The van der Waals surface area contributed by atoms with Gasteiger partial charge >= 0.3 is 20.2 Å². The first-order chi connectivity index (χ1) is 26.2. The number of hydrogen-bond donors (Lipinski definition) is 0. The lowest BCUT2D eigenvalue weighted by Gasteiger charge is -2.10. The van der Waals surface area contributed by atoms with Gasteiger partial charge in [-0.1, -0.05) is 115 Å².